The highest BCUT2D eigenvalue weighted by molar-refractivity contribution is 5.18. The summed E-state index contributed by atoms with van der Waals surface area (Å²) in [6.45, 7) is 14.8. The van der Waals surface area contributed by atoms with Crippen molar-refractivity contribution in [2.45, 2.75) is 105 Å². The summed E-state index contributed by atoms with van der Waals surface area (Å²) >= 11 is 0. The quantitative estimate of drug-likeness (QED) is 0.650. The summed E-state index contributed by atoms with van der Waals surface area (Å²) in [5.41, 5.74) is 1.47. The van der Waals surface area contributed by atoms with Crippen molar-refractivity contribution in [1.82, 2.24) is 0 Å². The van der Waals surface area contributed by atoms with Gasteiger partial charge < -0.3 is 14.2 Å². The minimum Gasteiger partial charge on any atom is -0.348 e. The Morgan fingerprint density at radius 2 is 1.07 bits per heavy atom. The molecule has 6 aliphatic rings. The molecule has 152 valence electrons. The van der Waals surface area contributed by atoms with Gasteiger partial charge in [-0.15, -0.1) is 0 Å². The molecule has 6 rings (SSSR count). The van der Waals surface area contributed by atoms with Crippen molar-refractivity contribution in [2.24, 2.45) is 45.3 Å². The molecular weight excluding hydrogens is 336 g/mol. The molecule has 0 aromatic rings. The van der Waals surface area contributed by atoms with Crippen LogP contribution >= 0.6 is 0 Å². The van der Waals surface area contributed by atoms with Crippen molar-refractivity contribution in [3.63, 3.8) is 0 Å². The lowest BCUT2D eigenvalue weighted by atomic mass is 9.70. The molecule has 6 fully saturated rings. The van der Waals surface area contributed by atoms with Gasteiger partial charge in [0.05, 0.1) is 12.2 Å². The van der Waals surface area contributed by atoms with Crippen LogP contribution in [0, 0.1) is 45.3 Å². The van der Waals surface area contributed by atoms with E-state index in [0.29, 0.717) is 45.7 Å². The van der Waals surface area contributed by atoms with Gasteiger partial charge in [0, 0.05) is 12.8 Å². The molecule has 2 heterocycles. The van der Waals surface area contributed by atoms with Gasteiger partial charge in [-0.1, -0.05) is 41.5 Å². The number of fused-ring (bicyclic) bond motifs is 10. The molecule has 4 bridgehead atoms. The van der Waals surface area contributed by atoms with E-state index in [2.05, 4.69) is 41.5 Å². The lowest BCUT2D eigenvalue weighted by Gasteiger charge is -2.39. The van der Waals surface area contributed by atoms with Crippen LogP contribution in [0.15, 0.2) is 0 Å². The lowest BCUT2D eigenvalue weighted by Crippen LogP contribution is -2.39. The predicted molar refractivity (Wildman–Crippen MR) is 104 cm³/mol. The van der Waals surface area contributed by atoms with Crippen molar-refractivity contribution in [3.05, 3.63) is 0 Å². The van der Waals surface area contributed by atoms with Crippen LogP contribution in [0.25, 0.3) is 0 Å². The summed E-state index contributed by atoms with van der Waals surface area (Å²) < 4.78 is 19.6. The molecule has 10 atom stereocenters. The lowest BCUT2D eigenvalue weighted by molar-refractivity contribution is -0.252. The number of ether oxygens (including phenoxy) is 3. The molecule has 4 saturated carbocycles. The minimum absolute atomic E-state index is 0.0432. The van der Waals surface area contributed by atoms with Crippen molar-refractivity contribution >= 4 is 0 Å². The minimum atomic E-state index is -0.0432. The Morgan fingerprint density at radius 1 is 0.667 bits per heavy atom. The van der Waals surface area contributed by atoms with Crippen LogP contribution in [0.3, 0.4) is 0 Å². The monoisotopic (exact) mass is 374 g/mol. The average molecular weight is 375 g/mol. The van der Waals surface area contributed by atoms with Gasteiger partial charge in [0.1, 0.15) is 0 Å². The summed E-state index contributed by atoms with van der Waals surface area (Å²) in [7, 11) is 0. The Balaban J connectivity index is 1.15. The summed E-state index contributed by atoms with van der Waals surface area (Å²) in [4.78, 5) is 0. The van der Waals surface area contributed by atoms with Gasteiger partial charge in [-0.3, -0.25) is 0 Å². The molecule has 0 aromatic carbocycles. The zero-order valence-corrected chi connectivity index (χ0v) is 18.1. The van der Waals surface area contributed by atoms with Gasteiger partial charge in [-0.25, -0.2) is 0 Å². The Labute approximate surface area is 164 Å². The molecule has 3 heteroatoms. The summed E-state index contributed by atoms with van der Waals surface area (Å²) in [5.74, 6) is 3.00. The van der Waals surface area contributed by atoms with E-state index in [1.54, 1.807) is 0 Å². The average Bonchev–Trinajstić information content (AvgIpc) is 3.33. The van der Waals surface area contributed by atoms with E-state index >= 15 is 0 Å². The van der Waals surface area contributed by atoms with Crippen LogP contribution in [0.4, 0.5) is 0 Å². The van der Waals surface area contributed by atoms with Gasteiger partial charge in [0.15, 0.2) is 12.6 Å². The van der Waals surface area contributed by atoms with Gasteiger partial charge in [-0.2, -0.15) is 0 Å². The van der Waals surface area contributed by atoms with Crippen LogP contribution in [-0.4, -0.2) is 24.8 Å². The summed E-state index contributed by atoms with van der Waals surface area (Å²) in [5, 5.41) is 0. The van der Waals surface area contributed by atoms with E-state index in [1.807, 2.05) is 0 Å². The molecule has 3 nitrogen and oxygen atoms in total. The van der Waals surface area contributed by atoms with Crippen molar-refractivity contribution < 1.29 is 14.2 Å². The smallest absolute Gasteiger partial charge is 0.161 e. The Kier molecular flexibility index (Phi) is 3.25. The molecule has 0 unspecified atom stereocenters. The van der Waals surface area contributed by atoms with E-state index in [4.69, 9.17) is 14.2 Å². The first-order valence-corrected chi connectivity index (χ1v) is 11.6. The third kappa shape index (κ3) is 1.83. The zero-order valence-electron chi connectivity index (χ0n) is 18.1. The number of rotatable bonds is 2. The first kappa shape index (κ1) is 17.7. The molecule has 2 aliphatic heterocycles. The van der Waals surface area contributed by atoms with Crippen LogP contribution in [0.2, 0.25) is 0 Å². The fraction of sp³-hybridized carbons (Fsp3) is 1.00. The predicted octanol–water partition coefficient (Wildman–Crippen LogP) is 5.38. The highest BCUT2D eigenvalue weighted by Gasteiger charge is 2.71. The summed E-state index contributed by atoms with van der Waals surface area (Å²) in [6.07, 6.45) is 8.24. The molecule has 0 N–H and O–H groups in total. The van der Waals surface area contributed by atoms with E-state index in [9.17, 15) is 0 Å². The maximum absolute atomic E-state index is 6.58. The number of hydrogen-bond acceptors (Lipinski definition) is 3. The van der Waals surface area contributed by atoms with E-state index < -0.39 is 0 Å². The van der Waals surface area contributed by atoms with Crippen molar-refractivity contribution in [1.29, 1.82) is 0 Å². The first-order chi connectivity index (χ1) is 12.6. The number of hydrogen-bond donors (Lipinski definition) is 0. The molecule has 0 aromatic heterocycles. The Bertz CT molecular complexity index is 615. The van der Waals surface area contributed by atoms with Crippen molar-refractivity contribution in [2.75, 3.05) is 0 Å². The van der Waals surface area contributed by atoms with Gasteiger partial charge in [0.25, 0.3) is 0 Å². The molecule has 0 spiro atoms. The van der Waals surface area contributed by atoms with Crippen LogP contribution < -0.4 is 0 Å². The standard InChI is InChI=1S/C24H38O3/c1-21(2)15-7-9-23(21,5)19-13(15)11-17(26-19)25-18-12-14-16-8-10-24(6,20(14)27-18)22(16,3)4/h13-20H,7-12H2,1-6H3/t13-,14-,15-,16+,17+,18+,19+,20-,23+,24-/m0/s1. The molecule has 4 aliphatic carbocycles. The molecular formula is C24H38O3. The maximum Gasteiger partial charge on any atom is 0.161 e. The second-order valence-corrected chi connectivity index (χ2v) is 12.5. The second kappa shape index (κ2) is 4.95. The third-order valence-electron chi connectivity index (χ3n) is 11.6. The Morgan fingerprint density at radius 3 is 1.44 bits per heavy atom. The van der Waals surface area contributed by atoms with Crippen molar-refractivity contribution in [3.8, 4) is 0 Å². The molecule has 0 radical (unpaired) electrons. The van der Waals surface area contributed by atoms with E-state index in [0.717, 1.165) is 24.7 Å². The highest BCUT2D eigenvalue weighted by Crippen LogP contribution is 2.72. The van der Waals surface area contributed by atoms with E-state index in [1.165, 1.54) is 25.7 Å². The maximum atomic E-state index is 6.58. The molecule has 0 amide bonds. The van der Waals surface area contributed by atoms with Gasteiger partial charge in [0.2, 0.25) is 0 Å². The second-order valence-electron chi connectivity index (χ2n) is 12.5. The first-order valence-electron chi connectivity index (χ1n) is 11.6. The fourth-order valence-electron chi connectivity index (χ4n) is 9.31. The van der Waals surface area contributed by atoms with E-state index in [-0.39, 0.29) is 12.6 Å². The van der Waals surface area contributed by atoms with Crippen LogP contribution in [-0.2, 0) is 14.2 Å². The SMILES string of the molecule is CC1(C)[C@@H]2CC[C@@]1(C)[C@H]1O[C@@H](O[C@H]3C[C@@H]4[C@@H](O3)[C@@]3(C)CC[C@@H]4C3(C)C)C[C@@H]21. The van der Waals surface area contributed by atoms with Crippen LogP contribution in [0.1, 0.15) is 80.1 Å². The summed E-state index contributed by atoms with van der Waals surface area (Å²) in [6, 6.07) is 0. The normalized spacial score (nSPS) is 61.6. The van der Waals surface area contributed by atoms with Gasteiger partial charge >= 0.3 is 0 Å². The topological polar surface area (TPSA) is 27.7 Å². The molecule has 27 heavy (non-hydrogen) atoms. The third-order valence-corrected chi connectivity index (χ3v) is 11.6. The zero-order chi connectivity index (χ0) is 19.0. The molecule has 2 saturated heterocycles. The van der Waals surface area contributed by atoms with Gasteiger partial charge in [-0.05, 0) is 71.0 Å². The Hall–Kier alpha value is -0.120. The fourth-order valence-corrected chi connectivity index (χ4v) is 9.31. The highest BCUT2D eigenvalue weighted by atomic mass is 16.8. The van der Waals surface area contributed by atoms with Crippen LogP contribution in [0.5, 0.6) is 0 Å². The largest absolute Gasteiger partial charge is 0.348 e.